The fourth-order valence-electron chi connectivity index (χ4n) is 4.04. The summed E-state index contributed by atoms with van der Waals surface area (Å²) >= 11 is 1.44. The first-order chi connectivity index (χ1) is 17.0. The number of benzene rings is 3. The number of likely N-dealkylation sites (tertiary alicyclic amines) is 1. The second kappa shape index (κ2) is 11.6. The van der Waals surface area contributed by atoms with E-state index in [2.05, 4.69) is 4.72 Å². The Hall–Kier alpha value is -2.97. The minimum atomic E-state index is -3.87. The number of anilines is 1. The number of hydrogen-bond donors (Lipinski definition) is 1. The highest BCUT2D eigenvalue weighted by Crippen LogP contribution is 2.27. The van der Waals surface area contributed by atoms with E-state index in [-0.39, 0.29) is 10.8 Å². The van der Waals surface area contributed by atoms with E-state index in [4.69, 9.17) is 4.74 Å². The van der Waals surface area contributed by atoms with E-state index in [1.807, 2.05) is 41.5 Å². The molecule has 1 N–H and O–H groups in total. The van der Waals surface area contributed by atoms with Gasteiger partial charge < -0.3 is 9.64 Å². The lowest BCUT2D eigenvalue weighted by Gasteiger charge is -2.22. The summed E-state index contributed by atoms with van der Waals surface area (Å²) in [6.45, 7) is 1.85. The third-order valence-electron chi connectivity index (χ3n) is 5.96. The molecule has 0 atom stereocenters. The van der Waals surface area contributed by atoms with Crippen LogP contribution in [0.5, 0.6) is 5.75 Å². The van der Waals surface area contributed by atoms with Gasteiger partial charge in [-0.1, -0.05) is 43.2 Å². The Labute approximate surface area is 211 Å². The molecule has 184 valence electrons. The molecule has 1 fully saturated rings. The molecule has 0 aromatic heterocycles. The molecule has 1 amide bonds. The van der Waals surface area contributed by atoms with Crippen molar-refractivity contribution in [1.82, 2.24) is 4.90 Å². The van der Waals surface area contributed by atoms with Crippen LogP contribution in [0.4, 0.5) is 5.69 Å². The molecule has 1 aliphatic heterocycles. The number of sulfonamides is 1. The van der Waals surface area contributed by atoms with Crippen LogP contribution in [0.1, 0.15) is 41.6 Å². The van der Waals surface area contributed by atoms with Gasteiger partial charge in [0, 0.05) is 23.7 Å². The van der Waals surface area contributed by atoms with Crippen LogP contribution in [0.15, 0.2) is 82.6 Å². The van der Waals surface area contributed by atoms with Gasteiger partial charge in [0.25, 0.3) is 15.9 Å². The van der Waals surface area contributed by atoms with E-state index in [0.29, 0.717) is 36.7 Å². The van der Waals surface area contributed by atoms with Crippen molar-refractivity contribution in [3.05, 3.63) is 83.9 Å². The van der Waals surface area contributed by atoms with Crippen LogP contribution in [0.3, 0.4) is 0 Å². The first-order valence-electron chi connectivity index (χ1n) is 11.7. The summed E-state index contributed by atoms with van der Waals surface area (Å²) in [5.41, 5.74) is 1.91. The summed E-state index contributed by atoms with van der Waals surface area (Å²) in [6, 6.07) is 21.4. The van der Waals surface area contributed by atoms with Gasteiger partial charge in [-0.05, 0) is 67.1 Å². The number of carbonyl (C=O) groups excluding carboxylic acids is 1. The number of ether oxygens (including phenoxy) is 1. The van der Waals surface area contributed by atoms with E-state index in [9.17, 15) is 13.2 Å². The Kier molecular flexibility index (Phi) is 8.36. The maximum absolute atomic E-state index is 13.3. The van der Waals surface area contributed by atoms with Gasteiger partial charge in [0.2, 0.25) is 0 Å². The summed E-state index contributed by atoms with van der Waals surface area (Å²) in [5, 5.41) is 0. The maximum Gasteiger partial charge on any atom is 0.261 e. The van der Waals surface area contributed by atoms with Gasteiger partial charge in [0.1, 0.15) is 12.4 Å². The van der Waals surface area contributed by atoms with E-state index in [1.165, 1.54) is 17.8 Å². The van der Waals surface area contributed by atoms with Gasteiger partial charge in [-0.25, -0.2) is 8.42 Å². The molecular weight excluding hydrogens is 480 g/mol. The molecule has 3 aromatic rings. The predicted octanol–water partition coefficient (Wildman–Crippen LogP) is 5.80. The summed E-state index contributed by atoms with van der Waals surface area (Å²) in [6.07, 6.45) is 6.08. The molecule has 0 aliphatic carbocycles. The number of nitrogens with one attached hydrogen (secondary N) is 1. The van der Waals surface area contributed by atoms with Gasteiger partial charge in [-0.15, -0.1) is 11.8 Å². The standard InChI is InChI=1S/C27H30N2O4S2/c1-34-26-16-15-24(19-25(26)27(30)29-17-7-2-3-8-18-29)35(31,32)28-22-11-13-23(14-12-22)33-20-21-9-5-4-6-10-21/h4-6,9-16,19,28H,2-3,7-8,17-18,20H2,1H3. The van der Waals surface area contributed by atoms with Gasteiger partial charge in [0.15, 0.2) is 0 Å². The lowest BCUT2D eigenvalue weighted by Crippen LogP contribution is -2.32. The highest BCUT2D eigenvalue weighted by atomic mass is 32.2. The lowest BCUT2D eigenvalue weighted by atomic mass is 10.2. The molecule has 1 aliphatic rings. The topological polar surface area (TPSA) is 75.7 Å². The Balaban J connectivity index is 1.48. The van der Waals surface area contributed by atoms with E-state index < -0.39 is 10.0 Å². The molecule has 1 heterocycles. The molecule has 4 rings (SSSR count). The molecule has 0 unspecified atom stereocenters. The summed E-state index contributed by atoms with van der Waals surface area (Å²) in [4.78, 5) is 15.9. The maximum atomic E-state index is 13.3. The quantitative estimate of drug-likeness (QED) is 0.388. The van der Waals surface area contributed by atoms with Crippen molar-refractivity contribution >= 4 is 33.4 Å². The molecule has 0 bridgehead atoms. The fourth-order valence-corrected chi connectivity index (χ4v) is 5.69. The molecule has 8 heteroatoms. The smallest absolute Gasteiger partial charge is 0.261 e. The van der Waals surface area contributed by atoms with Crippen LogP contribution in [0.2, 0.25) is 0 Å². The van der Waals surface area contributed by atoms with Crippen molar-refractivity contribution < 1.29 is 17.9 Å². The number of hydrogen-bond acceptors (Lipinski definition) is 5. The minimum absolute atomic E-state index is 0.0675. The zero-order valence-electron chi connectivity index (χ0n) is 19.8. The Morgan fingerprint density at radius 3 is 2.29 bits per heavy atom. The van der Waals surface area contributed by atoms with Crippen molar-refractivity contribution in [2.75, 3.05) is 24.1 Å². The molecule has 1 saturated heterocycles. The molecule has 6 nitrogen and oxygen atoms in total. The van der Waals surface area contributed by atoms with Gasteiger partial charge in [-0.3, -0.25) is 9.52 Å². The van der Waals surface area contributed by atoms with Crippen molar-refractivity contribution in [1.29, 1.82) is 0 Å². The average molecular weight is 511 g/mol. The number of amides is 1. The largest absolute Gasteiger partial charge is 0.489 e. The second-order valence-corrected chi connectivity index (χ2v) is 11.0. The Morgan fingerprint density at radius 1 is 0.943 bits per heavy atom. The van der Waals surface area contributed by atoms with E-state index >= 15 is 0 Å². The zero-order chi connectivity index (χ0) is 24.7. The summed E-state index contributed by atoms with van der Waals surface area (Å²) in [5.74, 6) is 0.541. The number of thioether (sulfide) groups is 1. The Bertz CT molecular complexity index is 1240. The predicted molar refractivity (Wildman–Crippen MR) is 141 cm³/mol. The number of nitrogens with zero attached hydrogens (tertiary/aromatic N) is 1. The first-order valence-corrected chi connectivity index (χ1v) is 14.4. The zero-order valence-corrected chi connectivity index (χ0v) is 21.4. The minimum Gasteiger partial charge on any atom is -0.489 e. The third kappa shape index (κ3) is 6.58. The third-order valence-corrected chi connectivity index (χ3v) is 8.13. The first kappa shape index (κ1) is 25.1. The highest BCUT2D eigenvalue weighted by Gasteiger charge is 2.23. The summed E-state index contributed by atoms with van der Waals surface area (Å²) in [7, 11) is -3.87. The van der Waals surface area contributed by atoms with Crippen LogP contribution < -0.4 is 9.46 Å². The lowest BCUT2D eigenvalue weighted by molar-refractivity contribution is 0.0758. The second-order valence-electron chi connectivity index (χ2n) is 8.47. The normalized spacial score (nSPS) is 14.3. The van der Waals surface area contributed by atoms with Crippen molar-refractivity contribution in [3.8, 4) is 5.75 Å². The monoisotopic (exact) mass is 510 g/mol. The van der Waals surface area contributed by atoms with Crippen molar-refractivity contribution in [2.24, 2.45) is 0 Å². The van der Waals surface area contributed by atoms with Crippen LogP contribution in [-0.2, 0) is 16.6 Å². The van der Waals surface area contributed by atoms with Gasteiger partial charge in [-0.2, -0.15) is 0 Å². The number of rotatable bonds is 8. The molecule has 0 radical (unpaired) electrons. The van der Waals surface area contributed by atoms with E-state index in [0.717, 1.165) is 36.1 Å². The SMILES string of the molecule is CSc1ccc(S(=O)(=O)Nc2ccc(OCc3ccccc3)cc2)cc1C(=O)N1CCCCCC1. The Morgan fingerprint density at radius 2 is 1.63 bits per heavy atom. The summed E-state index contributed by atoms with van der Waals surface area (Å²) < 4.78 is 34.6. The van der Waals surface area contributed by atoms with Crippen LogP contribution in [0.25, 0.3) is 0 Å². The van der Waals surface area contributed by atoms with Crippen molar-refractivity contribution in [2.45, 2.75) is 42.1 Å². The van der Waals surface area contributed by atoms with E-state index in [1.54, 1.807) is 36.4 Å². The molecule has 3 aromatic carbocycles. The molecule has 0 saturated carbocycles. The van der Waals surface area contributed by atoms with Crippen LogP contribution in [-0.4, -0.2) is 38.6 Å². The van der Waals surface area contributed by atoms with Crippen LogP contribution >= 0.6 is 11.8 Å². The van der Waals surface area contributed by atoms with Crippen LogP contribution in [0, 0.1) is 0 Å². The molecular formula is C27H30N2O4S2. The van der Waals surface area contributed by atoms with Gasteiger partial charge in [0.05, 0.1) is 10.5 Å². The highest BCUT2D eigenvalue weighted by molar-refractivity contribution is 7.98. The number of carbonyl (C=O) groups is 1. The van der Waals surface area contributed by atoms with Gasteiger partial charge >= 0.3 is 0 Å². The molecule has 0 spiro atoms. The average Bonchev–Trinajstić information content (AvgIpc) is 3.18. The fraction of sp³-hybridized carbons (Fsp3) is 0.296. The van der Waals surface area contributed by atoms with Crippen molar-refractivity contribution in [3.63, 3.8) is 0 Å². The molecule has 35 heavy (non-hydrogen) atoms.